The topological polar surface area (TPSA) is 17.1 Å². The highest BCUT2D eigenvalue weighted by atomic mass is 35.6. The molecule has 0 heterocycles. The third kappa shape index (κ3) is 6.28. The molecule has 1 nitrogen and oxygen atoms in total. The summed E-state index contributed by atoms with van der Waals surface area (Å²) in [4.78, 5) is 9.59. The van der Waals surface area contributed by atoms with Gasteiger partial charge in [0.2, 0.25) is 3.79 Å². The molecule has 0 rings (SSSR count). The Kier molecular flexibility index (Phi) is 3.45. The van der Waals surface area contributed by atoms with Crippen LogP contribution in [0.1, 0.15) is 0 Å². The van der Waals surface area contributed by atoms with Gasteiger partial charge in [-0.15, -0.1) is 0 Å². The van der Waals surface area contributed by atoms with Crippen LogP contribution in [0.5, 0.6) is 0 Å². The minimum Gasteiger partial charge on any atom is -0.299 e. The van der Waals surface area contributed by atoms with Gasteiger partial charge < -0.3 is 0 Å². The van der Waals surface area contributed by atoms with Gasteiger partial charge in [-0.3, -0.25) is 4.79 Å². The SMILES string of the molecule is O=C/C=C/C(Cl)(Cl)Cl. The highest BCUT2D eigenvalue weighted by Crippen LogP contribution is 2.26. The molecule has 0 N–H and O–H groups in total. The van der Waals surface area contributed by atoms with E-state index < -0.39 is 3.79 Å². The zero-order valence-electron chi connectivity index (χ0n) is 3.77. The Morgan fingerprint density at radius 2 is 1.75 bits per heavy atom. The number of halogens is 3. The van der Waals surface area contributed by atoms with Crippen molar-refractivity contribution < 1.29 is 4.79 Å². The molecular formula is C4H3Cl3O. The Morgan fingerprint density at radius 1 is 1.25 bits per heavy atom. The van der Waals surface area contributed by atoms with Gasteiger partial charge in [0.15, 0.2) is 0 Å². The molecule has 0 amide bonds. The van der Waals surface area contributed by atoms with Gasteiger partial charge in [-0.05, 0) is 12.2 Å². The van der Waals surface area contributed by atoms with Gasteiger partial charge in [-0.25, -0.2) is 0 Å². The first-order chi connectivity index (χ1) is 3.56. The van der Waals surface area contributed by atoms with Gasteiger partial charge in [-0.1, -0.05) is 34.8 Å². The third-order valence-electron chi connectivity index (χ3n) is 0.364. The van der Waals surface area contributed by atoms with Crippen LogP contribution in [0, 0.1) is 0 Å². The molecule has 0 atom stereocenters. The summed E-state index contributed by atoms with van der Waals surface area (Å²) in [6.45, 7) is 0. The average molecular weight is 173 g/mol. The molecule has 8 heavy (non-hydrogen) atoms. The molecular weight excluding hydrogens is 170 g/mol. The second-order valence-electron chi connectivity index (χ2n) is 1.04. The zero-order chi connectivity index (χ0) is 6.62. The molecule has 0 unspecified atom stereocenters. The summed E-state index contributed by atoms with van der Waals surface area (Å²) in [5.41, 5.74) is 0. The Hall–Kier alpha value is 0.280. The van der Waals surface area contributed by atoms with Crippen LogP contribution in [0.4, 0.5) is 0 Å². The van der Waals surface area contributed by atoms with Crippen molar-refractivity contribution in [2.75, 3.05) is 0 Å². The summed E-state index contributed by atoms with van der Waals surface area (Å²) in [6, 6.07) is 0. The van der Waals surface area contributed by atoms with E-state index in [0.717, 1.165) is 6.08 Å². The highest BCUT2D eigenvalue weighted by Gasteiger charge is 2.12. The van der Waals surface area contributed by atoms with E-state index in [1.165, 1.54) is 6.08 Å². The number of allylic oxidation sites excluding steroid dienone is 2. The molecule has 4 heteroatoms. The molecule has 0 aliphatic rings. The van der Waals surface area contributed by atoms with Crippen LogP contribution in [0.2, 0.25) is 0 Å². The van der Waals surface area contributed by atoms with Crippen LogP contribution < -0.4 is 0 Å². The number of alkyl halides is 3. The van der Waals surface area contributed by atoms with Crippen LogP contribution in [0.3, 0.4) is 0 Å². The van der Waals surface area contributed by atoms with Crippen LogP contribution >= 0.6 is 34.8 Å². The van der Waals surface area contributed by atoms with Crippen molar-refractivity contribution >= 4 is 41.1 Å². The van der Waals surface area contributed by atoms with E-state index in [4.69, 9.17) is 34.8 Å². The molecule has 0 aliphatic heterocycles. The fourth-order valence-electron chi connectivity index (χ4n) is 0.148. The van der Waals surface area contributed by atoms with Crippen LogP contribution in [-0.2, 0) is 4.79 Å². The van der Waals surface area contributed by atoms with Crippen molar-refractivity contribution in [2.24, 2.45) is 0 Å². The second-order valence-corrected chi connectivity index (χ2v) is 3.41. The predicted octanol–water partition coefficient (Wildman–Crippen LogP) is 2.11. The molecule has 0 aromatic carbocycles. The first-order valence-electron chi connectivity index (χ1n) is 1.76. The molecule has 0 aromatic heterocycles. The molecule has 0 fully saturated rings. The Balaban J connectivity index is 3.69. The van der Waals surface area contributed by atoms with Gasteiger partial charge in [-0.2, -0.15) is 0 Å². The van der Waals surface area contributed by atoms with Gasteiger partial charge >= 0.3 is 0 Å². The van der Waals surface area contributed by atoms with Crippen molar-refractivity contribution in [3.63, 3.8) is 0 Å². The summed E-state index contributed by atoms with van der Waals surface area (Å²) in [5, 5.41) is 0. The highest BCUT2D eigenvalue weighted by molar-refractivity contribution is 6.69. The second kappa shape index (κ2) is 3.33. The maximum atomic E-state index is 9.59. The Labute approximate surface area is 62.2 Å². The summed E-state index contributed by atoms with van der Waals surface area (Å²) < 4.78 is -1.44. The van der Waals surface area contributed by atoms with Crippen LogP contribution in [0.15, 0.2) is 12.2 Å². The number of carbonyl (C=O) groups excluding carboxylic acids is 1. The van der Waals surface area contributed by atoms with Crippen LogP contribution in [0.25, 0.3) is 0 Å². The number of aldehydes is 1. The normalized spacial score (nSPS) is 12.4. The molecule has 46 valence electrons. The van der Waals surface area contributed by atoms with Gasteiger partial charge in [0.25, 0.3) is 0 Å². The summed E-state index contributed by atoms with van der Waals surface area (Å²) >= 11 is 15.6. The fraction of sp³-hybridized carbons (Fsp3) is 0.250. The maximum Gasteiger partial charge on any atom is 0.209 e. The van der Waals surface area contributed by atoms with E-state index in [2.05, 4.69) is 0 Å². The van der Waals surface area contributed by atoms with Crippen molar-refractivity contribution in [1.82, 2.24) is 0 Å². The smallest absolute Gasteiger partial charge is 0.209 e. The van der Waals surface area contributed by atoms with Gasteiger partial charge in [0.1, 0.15) is 6.29 Å². The van der Waals surface area contributed by atoms with Crippen molar-refractivity contribution in [1.29, 1.82) is 0 Å². The molecule has 0 aromatic rings. The quantitative estimate of drug-likeness (QED) is 0.337. The fourth-order valence-corrected chi connectivity index (χ4v) is 0.367. The number of rotatable bonds is 1. The largest absolute Gasteiger partial charge is 0.299 e. The molecule has 0 spiro atoms. The molecule has 0 aliphatic carbocycles. The van der Waals surface area contributed by atoms with E-state index in [1.54, 1.807) is 0 Å². The van der Waals surface area contributed by atoms with E-state index in [1.807, 2.05) is 0 Å². The van der Waals surface area contributed by atoms with Gasteiger partial charge in [0, 0.05) is 0 Å². The first kappa shape index (κ1) is 8.28. The summed E-state index contributed by atoms with van der Waals surface area (Å²) in [7, 11) is 0. The Morgan fingerprint density at radius 3 is 1.88 bits per heavy atom. The molecule has 0 radical (unpaired) electrons. The lowest BCUT2D eigenvalue weighted by Crippen LogP contribution is -1.93. The molecule has 0 saturated carbocycles. The Bertz CT molecular complexity index is 102. The molecule has 0 saturated heterocycles. The molecule has 0 bridgehead atoms. The van der Waals surface area contributed by atoms with Crippen molar-refractivity contribution in [2.45, 2.75) is 3.79 Å². The number of carbonyl (C=O) groups is 1. The van der Waals surface area contributed by atoms with E-state index in [-0.39, 0.29) is 0 Å². The predicted molar refractivity (Wildman–Crippen MR) is 35.5 cm³/mol. The third-order valence-corrected chi connectivity index (χ3v) is 0.742. The van der Waals surface area contributed by atoms with E-state index in [9.17, 15) is 4.79 Å². The monoisotopic (exact) mass is 172 g/mol. The van der Waals surface area contributed by atoms with Crippen molar-refractivity contribution in [3.05, 3.63) is 12.2 Å². The minimum atomic E-state index is -1.44. The number of hydrogen-bond acceptors (Lipinski definition) is 1. The van der Waals surface area contributed by atoms with Crippen molar-refractivity contribution in [3.8, 4) is 0 Å². The lowest BCUT2D eigenvalue weighted by Gasteiger charge is -1.99. The van der Waals surface area contributed by atoms with Gasteiger partial charge in [0.05, 0.1) is 0 Å². The van der Waals surface area contributed by atoms with E-state index in [0.29, 0.717) is 6.29 Å². The summed E-state index contributed by atoms with van der Waals surface area (Å²) in [6.07, 6.45) is 2.85. The number of hydrogen-bond donors (Lipinski definition) is 0. The summed E-state index contributed by atoms with van der Waals surface area (Å²) in [5.74, 6) is 0. The lowest BCUT2D eigenvalue weighted by molar-refractivity contribution is -0.104. The average Bonchev–Trinajstić information content (AvgIpc) is 1.59. The standard InChI is InChI=1S/C4H3Cl3O/c5-4(6,7)2-1-3-8/h1-3H/b2-1+. The minimum absolute atomic E-state index is 0.544. The van der Waals surface area contributed by atoms with E-state index >= 15 is 0 Å². The maximum absolute atomic E-state index is 9.59. The zero-order valence-corrected chi connectivity index (χ0v) is 6.04. The lowest BCUT2D eigenvalue weighted by atomic mass is 10.6. The first-order valence-corrected chi connectivity index (χ1v) is 2.89. The van der Waals surface area contributed by atoms with Crippen LogP contribution in [-0.4, -0.2) is 10.1 Å².